The van der Waals surface area contributed by atoms with Gasteiger partial charge in [0.2, 0.25) is 0 Å². The van der Waals surface area contributed by atoms with Crippen molar-refractivity contribution in [2.75, 3.05) is 10.6 Å². The lowest BCUT2D eigenvalue weighted by molar-refractivity contribution is 0.0950. The lowest BCUT2D eigenvalue weighted by Gasteiger charge is -2.12. The Morgan fingerprint density at radius 1 is 0.811 bits per heavy atom. The van der Waals surface area contributed by atoms with Crippen molar-refractivity contribution in [3.05, 3.63) is 106 Å². The van der Waals surface area contributed by atoms with E-state index in [2.05, 4.69) is 31.9 Å². The molecule has 9 heteroatoms. The summed E-state index contributed by atoms with van der Waals surface area (Å²) in [6.45, 7) is 1.85. The molecule has 0 aliphatic rings. The summed E-state index contributed by atoms with van der Waals surface area (Å²) < 4.78 is 12.3. The first-order valence-electron chi connectivity index (χ1n) is 11.2. The minimum absolute atomic E-state index is 0.116. The molecule has 5 aromatic rings. The molecule has 0 unspecified atom stereocenters. The van der Waals surface area contributed by atoms with Crippen molar-refractivity contribution < 1.29 is 18.4 Å². The van der Waals surface area contributed by atoms with Gasteiger partial charge in [-0.2, -0.15) is 0 Å². The Kier molecular flexibility index (Phi) is 6.89. The Hall–Kier alpha value is -4.21. The second kappa shape index (κ2) is 10.4. The summed E-state index contributed by atoms with van der Waals surface area (Å²) in [7, 11) is 0. The van der Waals surface area contributed by atoms with Crippen LogP contribution in [0, 0.1) is 6.92 Å². The number of rotatable bonds is 5. The molecule has 184 valence electrons. The fraction of sp³-hybridized carbons (Fsp3) is 0.0357. The van der Waals surface area contributed by atoms with E-state index in [0.717, 1.165) is 21.0 Å². The van der Waals surface area contributed by atoms with E-state index in [4.69, 9.17) is 21.1 Å². The summed E-state index contributed by atoms with van der Waals surface area (Å²) in [5, 5.41) is 9.43. The van der Waals surface area contributed by atoms with Gasteiger partial charge in [0.05, 0.1) is 0 Å². The Morgan fingerprint density at radius 2 is 1.59 bits per heavy atom. The minimum Gasteiger partial charge on any atom is -0.451 e. The molecule has 2 heterocycles. The maximum absolute atomic E-state index is 12.7. The highest BCUT2D eigenvalue weighted by molar-refractivity contribution is 9.10. The van der Waals surface area contributed by atoms with Crippen LogP contribution in [0.3, 0.4) is 0 Å². The third-order valence-corrected chi connectivity index (χ3v) is 6.30. The van der Waals surface area contributed by atoms with E-state index in [1.54, 1.807) is 30.3 Å². The summed E-state index contributed by atoms with van der Waals surface area (Å²) >= 11 is 8.69. The van der Waals surface area contributed by atoms with Crippen LogP contribution < -0.4 is 16.0 Å². The molecule has 5 rings (SSSR count). The van der Waals surface area contributed by atoms with Gasteiger partial charge in [-0.05, 0) is 79.3 Å². The molecule has 37 heavy (non-hydrogen) atoms. The number of hydrogen-bond donors (Lipinski definition) is 3. The average Bonchev–Trinajstić information content (AvgIpc) is 3.54. The maximum Gasteiger partial charge on any atom is 0.293 e. The van der Waals surface area contributed by atoms with Gasteiger partial charge in [0, 0.05) is 26.8 Å². The number of fused-ring (bicyclic) bond motifs is 1. The third kappa shape index (κ3) is 5.63. The maximum atomic E-state index is 12.7. The lowest BCUT2D eigenvalue weighted by atomic mass is 10.1. The minimum atomic E-state index is -0.465. The van der Waals surface area contributed by atoms with Crippen molar-refractivity contribution in [2.45, 2.75) is 6.92 Å². The fourth-order valence-corrected chi connectivity index (χ4v) is 4.19. The number of para-hydroxylation sites is 1. The van der Waals surface area contributed by atoms with Crippen LogP contribution in [0.5, 0.6) is 0 Å². The molecule has 0 atom stereocenters. The average molecular weight is 574 g/mol. The predicted molar refractivity (Wildman–Crippen MR) is 151 cm³/mol. The quantitative estimate of drug-likeness (QED) is 0.193. The summed E-state index contributed by atoms with van der Waals surface area (Å²) in [5.74, 6) is 0.137. The van der Waals surface area contributed by atoms with Gasteiger partial charge in [0.25, 0.3) is 11.8 Å². The van der Waals surface area contributed by atoms with Crippen LogP contribution in [0.1, 0.15) is 26.7 Å². The van der Waals surface area contributed by atoms with Gasteiger partial charge >= 0.3 is 0 Å². The van der Waals surface area contributed by atoms with Crippen molar-refractivity contribution in [1.82, 2.24) is 5.32 Å². The highest BCUT2D eigenvalue weighted by Gasteiger charge is 2.16. The molecule has 0 bridgehead atoms. The van der Waals surface area contributed by atoms with Crippen molar-refractivity contribution in [2.24, 2.45) is 0 Å². The van der Waals surface area contributed by atoms with E-state index in [1.165, 1.54) is 0 Å². The number of carbonyl (C=O) groups is 2. The molecular weight excluding hydrogens is 554 g/mol. The monoisotopic (exact) mass is 573 g/mol. The number of hydrogen-bond acceptors (Lipinski definition) is 5. The summed E-state index contributed by atoms with van der Waals surface area (Å²) in [4.78, 5) is 25.3. The van der Waals surface area contributed by atoms with E-state index in [-0.39, 0.29) is 22.5 Å². The SMILES string of the molecule is Cc1cc(NC(=S)NC(=O)c2ccc(-c3ccc(Br)cc3)o2)ccc1NC(=O)c1cc2ccccc2o1. The van der Waals surface area contributed by atoms with Crippen molar-refractivity contribution in [1.29, 1.82) is 0 Å². The van der Waals surface area contributed by atoms with Crippen LogP contribution in [-0.2, 0) is 0 Å². The molecule has 2 aromatic heterocycles. The third-order valence-electron chi connectivity index (χ3n) is 5.57. The zero-order chi connectivity index (χ0) is 25.9. The highest BCUT2D eigenvalue weighted by Crippen LogP contribution is 2.25. The van der Waals surface area contributed by atoms with Crippen LogP contribution >= 0.6 is 28.1 Å². The topological polar surface area (TPSA) is 96.5 Å². The van der Waals surface area contributed by atoms with Crippen molar-refractivity contribution >= 4 is 67.4 Å². The van der Waals surface area contributed by atoms with Crippen LogP contribution in [0.4, 0.5) is 11.4 Å². The number of amides is 2. The highest BCUT2D eigenvalue weighted by atomic mass is 79.9. The number of halogens is 1. The van der Waals surface area contributed by atoms with E-state index in [9.17, 15) is 9.59 Å². The van der Waals surface area contributed by atoms with E-state index >= 15 is 0 Å². The van der Waals surface area contributed by atoms with Crippen LogP contribution in [-0.4, -0.2) is 16.9 Å². The molecule has 7 nitrogen and oxygen atoms in total. The zero-order valence-corrected chi connectivity index (χ0v) is 21.9. The first kappa shape index (κ1) is 24.5. The number of benzene rings is 3. The van der Waals surface area contributed by atoms with E-state index in [1.807, 2.05) is 61.5 Å². The molecule has 0 spiro atoms. The molecule has 0 aliphatic carbocycles. The molecule has 3 aromatic carbocycles. The number of anilines is 2. The molecule has 3 N–H and O–H groups in total. The smallest absolute Gasteiger partial charge is 0.293 e. The Morgan fingerprint density at radius 3 is 2.35 bits per heavy atom. The number of nitrogens with one attached hydrogen (secondary N) is 3. The number of carbonyl (C=O) groups excluding carboxylic acids is 2. The first-order valence-corrected chi connectivity index (χ1v) is 12.4. The molecule has 0 radical (unpaired) electrons. The normalized spacial score (nSPS) is 10.8. The van der Waals surface area contributed by atoms with Crippen molar-refractivity contribution in [3.63, 3.8) is 0 Å². The fourth-order valence-electron chi connectivity index (χ4n) is 3.72. The molecule has 0 saturated heterocycles. The van der Waals surface area contributed by atoms with E-state index < -0.39 is 5.91 Å². The lowest BCUT2D eigenvalue weighted by Crippen LogP contribution is -2.33. The number of aryl methyl sites for hydroxylation is 1. The Bertz CT molecular complexity index is 1610. The predicted octanol–water partition coefficient (Wildman–Crippen LogP) is 7.14. The summed E-state index contributed by atoms with van der Waals surface area (Å²) in [5.41, 5.74) is 3.58. The van der Waals surface area contributed by atoms with Gasteiger partial charge in [0.1, 0.15) is 11.3 Å². The molecule has 2 amide bonds. The Balaban J connectivity index is 1.19. The second-order valence-corrected chi connectivity index (χ2v) is 9.54. The van der Waals surface area contributed by atoms with E-state index in [0.29, 0.717) is 22.7 Å². The molecule has 0 saturated carbocycles. The van der Waals surface area contributed by atoms with Gasteiger partial charge < -0.3 is 19.5 Å². The molecular formula is C28H20BrN3O4S. The summed E-state index contributed by atoms with van der Waals surface area (Å²) in [6.07, 6.45) is 0. The van der Waals surface area contributed by atoms with Gasteiger partial charge in [-0.15, -0.1) is 0 Å². The van der Waals surface area contributed by atoms with Crippen molar-refractivity contribution in [3.8, 4) is 11.3 Å². The standard InChI is InChI=1S/C28H20BrN3O4S/c1-16-14-20(10-11-21(16)31-27(34)25-15-18-4-2-3-5-22(18)36-25)30-28(37)32-26(33)24-13-12-23(35-24)17-6-8-19(29)9-7-17/h2-15H,1H3,(H,31,34)(H2,30,32,33,37). The van der Waals surface area contributed by atoms with Gasteiger partial charge in [-0.25, -0.2) is 0 Å². The molecule has 0 fully saturated rings. The van der Waals surface area contributed by atoms with Gasteiger partial charge in [-0.3, -0.25) is 14.9 Å². The van der Waals surface area contributed by atoms with Crippen LogP contribution in [0.2, 0.25) is 0 Å². The first-order chi connectivity index (χ1) is 17.9. The van der Waals surface area contributed by atoms with Crippen LogP contribution in [0.25, 0.3) is 22.3 Å². The molecule has 0 aliphatic heterocycles. The van der Waals surface area contributed by atoms with Crippen LogP contribution in [0.15, 0.2) is 98.2 Å². The van der Waals surface area contributed by atoms with Gasteiger partial charge in [-0.1, -0.05) is 46.3 Å². The summed E-state index contributed by atoms with van der Waals surface area (Å²) in [6, 6.07) is 25.4. The number of thiocarbonyl (C=S) groups is 1. The number of furan rings is 2. The van der Waals surface area contributed by atoms with Gasteiger partial charge in [0.15, 0.2) is 16.6 Å². The largest absolute Gasteiger partial charge is 0.451 e. The second-order valence-electron chi connectivity index (χ2n) is 8.21. The zero-order valence-electron chi connectivity index (χ0n) is 19.5. The Labute approximate surface area is 226 Å².